The first kappa shape index (κ1) is 22.1. The molecular formula is C22H29ClN4O4S. The molecule has 1 aromatic rings. The summed E-state index contributed by atoms with van der Waals surface area (Å²) in [6.45, 7) is 1.77. The molecule has 3 saturated heterocycles. The molecule has 2 bridgehead atoms. The molecule has 4 heterocycles. The van der Waals surface area contributed by atoms with Crippen molar-refractivity contribution in [1.29, 1.82) is 0 Å². The number of nitrogens with zero attached hydrogens (tertiary/aromatic N) is 1. The molecule has 5 rings (SSSR count). The summed E-state index contributed by atoms with van der Waals surface area (Å²) < 4.78 is 28.2. The van der Waals surface area contributed by atoms with Gasteiger partial charge in [0, 0.05) is 23.8 Å². The molecule has 4 aliphatic rings. The summed E-state index contributed by atoms with van der Waals surface area (Å²) >= 11 is 6.31. The summed E-state index contributed by atoms with van der Waals surface area (Å²) in [6.07, 6.45) is 4.98. The SMILES string of the molecule is O=C1Cc2cc(C(=O)NC3C[C@H]4CC[C@@H](C3)N4S(=O)(=O)CC3CCNCC3)c(Cl)cc2N1. The molecule has 0 spiro atoms. The zero-order chi connectivity index (χ0) is 22.5. The molecule has 174 valence electrons. The highest BCUT2D eigenvalue weighted by Gasteiger charge is 2.47. The highest BCUT2D eigenvalue weighted by Crippen LogP contribution is 2.39. The van der Waals surface area contributed by atoms with Gasteiger partial charge in [0.05, 0.1) is 22.8 Å². The number of halogens is 1. The van der Waals surface area contributed by atoms with Gasteiger partial charge in [0.25, 0.3) is 5.91 Å². The van der Waals surface area contributed by atoms with E-state index in [1.807, 2.05) is 0 Å². The third-order valence-corrected chi connectivity index (χ3v) is 9.73. The minimum absolute atomic E-state index is 0.0527. The summed E-state index contributed by atoms with van der Waals surface area (Å²) in [6, 6.07) is 3.11. The van der Waals surface area contributed by atoms with E-state index in [0.29, 0.717) is 29.1 Å². The van der Waals surface area contributed by atoms with Crippen LogP contribution in [0.25, 0.3) is 0 Å². The number of benzene rings is 1. The van der Waals surface area contributed by atoms with E-state index in [-0.39, 0.29) is 48.0 Å². The largest absolute Gasteiger partial charge is 0.349 e. The quantitative estimate of drug-likeness (QED) is 0.596. The van der Waals surface area contributed by atoms with Crippen molar-refractivity contribution in [3.05, 3.63) is 28.3 Å². The second-order valence-electron chi connectivity index (χ2n) is 9.54. The third-order valence-electron chi connectivity index (χ3n) is 7.29. The van der Waals surface area contributed by atoms with Crippen LogP contribution in [0.3, 0.4) is 0 Å². The molecular weight excluding hydrogens is 452 g/mol. The maximum Gasteiger partial charge on any atom is 0.253 e. The average Bonchev–Trinajstić information content (AvgIpc) is 3.24. The molecule has 32 heavy (non-hydrogen) atoms. The van der Waals surface area contributed by atoms with Crippen molar-refractivity contribution < 1.29 is 18.0 Å². The van der Waals surface area contributed by atoms with Crippen LogP contribution in [0.5, 0.6) is 0 Å². The molecule has 1 aromatic carbocycles. The predicted molar refractivity (Wildman–Crippen MR) is 122 cm³/mol. The van der Waals surface area contributed by atoms with Crippen molar-refractivity contribution in [3.8, 4) is 0 Å². The van der Waals surface area contributed by atoms with Crippen molar-refractivity contribution in [2.45, 2.75) is 63.1 Å². The first-order chi connectivity index (χ1) is 15.3. The van der Waals surface area contributed by atoms with Crippen LogP contribution in [0.1, 0.15) is 54.4 Å². The van der Waals surface area contributed by atoms with Crippen molar-refractivity contribution in [2.75, 3.05) is 24.2 Å². The van der Waals surface area contributed by atoms with E-state index in [1.54, 1.807) is 16.4 Å². The molecule has 0 radical (unpaired) electrons. The van der Waals surface area contributed by atoms with Crippen LogP contribution >= 0.6 is 11.6 Å². The van der Waals surface area contributed by atoms with Gasteiger partial charge >= 0.3 is 0 Å². The van der Waals surface area contributed by atoms with Gasteiger partial charge in [0.2, 0.25) is 15.9 Å². The Morgan fingerprint density at radius 2 is 1.81 bits per heavy atom. The summed E-state index contributed by atoms with van der Waals surface area (Å²) in [4.78, 5) is 24.6. The number of fused-ring (bicyclic) bond motifs is 3. The Labute approximate surface area is 193 Å². The molecule has 0 saturated carbocycles. The van der Waals surface area contributed by atoms with E-state index in [9.17, 15) is 18.0 Å². The lowest BCUT2D eigenvalue weighted by Gasteiger charge is -2.39. The Balaban J connectivity index is 1.25. The molecule has 3 atom stereocenters. The number of amides is 2. The van der Waals surface area contributed by atoms with E-state index >= 15 is 0 Å². The molecule has 1 unspecified atom stereocenters. The summed E-state index contributed by atoms with van der Waals surface area (Å²) in [7, 11) is -3.31. The number of hydrogen-bond acceptors (Lipinski definition) is 5. The number of sulfonamides is 1. The Morgan fingerprint density at radius 1 is 1.12 bits per heavy atom. The molecule has 0 aromatic heterocycles. The first-order valence-corrected chi connectivity index (χ1v) is 13.4. The topological polar surface area (TPSA) is 108 Å². The average molecular weight is 481 g/mol. The van der Waals surface area contributed by atoms with Gasteiger partial charge in [-0.15, -0.1) is 0 Å². The fourth-order valence-corrected chi connectivity index (χ4v) is 8.47. The Hall–Kier alpha value is -1.68. The first-order valence-electron chi connectivity index (χ1n) is 11.5. The van der Waals surface area contributed by atoms with Crippen LogP contribution in [0.4, 0.5) is 5.69 Å². The fraction of sp³-hybridized carbons (Fsp3) is 0.636. The van der Waals surface area contributed by atoms with Crippen LogP contribution in [0, 0.1) is 5.92 Å². The maximum absolute atomic E-state index is 13.2. The number of rotatable bonds is 5. The monoisotopic (exact) mass is 480 g/mol. The number of anilines is 1. The van der Waals surface area contributed by atoms with Gasteiger partial charge in [0.15, 0.2) is 0 Å². The number of carbonyl (C=O) groups excluding carboxylic acids is 2. The Bertz CT molecular complexity index is 1030. The predicted octanol–water partition coefficient (Wildman–Crippen LogP) is 1.89. The third kappa shape index (κ3) is 4.27. The zero-order valence-corrected chi connectivity index (χ0v) is 19.5. The lowest BCUT2D eigenvalue weighted by Crippen LogP contribution is -2.53. The minimum Gasteiger partial charge on any atom is -0.349 e. The highest BCUT2D eigenvalue weighted by atomic mass is 35.5. The minimum atomic E-state index is -3.31. The van der Waals surface area contributed by atoms with Gasteiger partial charge in [0.1, 0.15) is 0 Å². The van der Waals surface area contributed by atoms with Crippen molar-refractivity contribution in [2.24, 2.45) is 5.92 Å². The Kier molecular flexibility index (Phi) is 5.94. The lowest BCUT2D eigenvalue weighted by molar-refractivity contribution is -0.115. The zero-order valence-electron chi connectivity index (χ0n) is 17.9. The molecule has 0 aliphatic carbocycles. The summed E-state index contributed by atoms with van der Waals surface area (Å²) in [5.74, 6) is 0.0770. The maximum atomic E-state index is 13.2. The van der Waals surface area contributed by atoms with Crippen molar-refractivity contribution >= 4 is 39.1 Å². The van der Waals surface area contributed by atoms with Crippen molar-refractivity contribution in [1.82, 2.24) is 14.9 Å². The lowest BCUT2D eigenvalue weighted by atomic mass is 9.99. The van der Waals surface area contributed by atoms with Gasteiger partial charge in [-0.1, -0.05) is 11.6 Å². The highest BCUT2D eigenvalue weighted by molar-refractivity contribution is 7.89. The van der Waals surface area contributed by atoms with E-state index in [4.69, 9.17) is 11.6 Å². The standard InChI is InChI=1S/C22H29ClN4O4S/c23-19-11-20-14(8-21(28)26-20)7-18(19)22(29)25-15-9-16-1-2-17(10-15)27(16)32(30,31)12-13-3-5-24-6-4-13/h7,11,13,15-17,24H,1-6,8-10,12H2,(H,25,29)(H,26,28)/t15?,16-,17+. The van der Waals surface area contributed by atoms with Gasteiger partial charge in [-0.2, -0.15) is 4.31 Å². The summed E-state index contributed by atoms with van der Waals surface area (Å²) in [5, 5.41) is 9.40. The molecule has 3 N–H and O–H groups in total. The number of carbonyl (C=O) groups is 2. The van der Waals surface area contributed by atoms with Gasteiger partial charge in [-0.05, 0) is 75.2 Å². The van der Waals surface area contributed by atoms with Crippen LogP contribution in [0.2, 0.25) is 5.02 Å². The normalized spacial score (nSPS) is 28.4. The molecule has 3 fully saturated rings. The van der Waals surface area contributed by atoms with Crippen LogP contribution < -0.4 is 16.0 Å². The second-order valence-corrected chi connectivity index (χ2v) is 11.9. The van der Waals surface area contributed by atoms with E-state index in [0.717, 1.165) is 44.3 Å². The number of hydrogen-bond donors (Lipinski definition) is 3. The molecule has 2 amide bonds. The van der Waals surface area contributed by atoms with Crippen LogP contribution in [0.15, 0.2) is 12.1 Å². The Morgan fingerprint density at radius 3 is 2.50 bits per heavy atom. The second kappa shape index (κ2) is 8.59. The fourth-order valence-electron chi connectivity index (χ4n) is 5.82. The summed E-state index contributed by atoms with van der Waals surface area (Å²) in [5.41, 5.74) is 1.78. The van der Waals surface area contributed by atoms with E-state index in [2.05, 4.69) is 16.0 Å². The van der Waals surface area contributed by atoms with Crippen LogP contribution in [-0.2, 0) is 21.2 Å². The van der Waals surface area contributed by atoms with E-state index < -0.39 is 10.0 Å². The molecule has 8 nitrogen and oxygen atoms in total. The molecule has 10 heteroatoms. The number of piperidine rings is 2. The van der Waals surface area contributed by atoms with Crippen LogP contribution in [-0.4, -0.2) is 61.5 Å². The number of nitrogens with one attached hydrogen (secondary N) is 3. The van der Waals surface area contributed by atoms with E-state index in [1.165, 1.54) is 0 Å². The van der Waals surface area contributed by atoms with Gasteiger partial charge < -0.3 is 16.0 Å². The smallest absolute Gasteiger partial charge is 0.253 e. The van der Waals surface area contributed by atoms with Gasteiger partial charge in [-0.25, -0.2) is 8.42 Å². The molecule has 4 aliphatic heterocycles. The van der Waals surface area contributed by atoms with Gasteiger partial charge in [-0.3, -0.25) is 9.59 Å². The van der Waals surface area contributed by atoms with Crippen molar-refractivity contribution in [3.63, 3.8) is 0 Å².